The van der Waals surface area contributed by atoms with Crippen LogP contribution in [0.3, 0.4) is 0 Å². The minimum absolute atomic E-state index is 0.173. The van der Waals surface area contributed by atoms with Crippen molar-refractivity contribution in [3.8, 4) is 0 Å². The Labute approximate surface area is 158 Å². The Bertz CT molecular complexity index is 950. The fourth-order valence-electron chi connectivity index (χ4n) is 2.82. The molecule has 10 heteroatoms. The van der Waals surface area contributed by atoms with Crippen LogP contribution in [0.1, 0.15) is 17.0 Å². The van der Waals surface area contributed by atoms with Gasteiger partial charge in [0.1, 0.15) is 4.32 Å². The van der Waals surface area contributed by atoms with Crippen LogP contribution in [0.25, 0.3) is 16.8 Å². The Balaban J connectivity index is 2.21. The summed E-state index contributed by atoms with van der Waals surface area (Å²) in [5.41, 5.74) is -0.563. The number of fused-ring (bicyclic) bond motifs is 1. The maximum atomic E-state index is 13.1. The molecule has 0 unspecified atom stereocenters. The SMILES string of the molecule is O=C1NC(=S)SC1=Cc1ccc(C(C(F)(F)F)C(F)(F)F)c2ccccc12. The summed E-state index contributed by atoms with van der Waals surface area (Å²) in [6, 6.07) is 7.41. The predicted octanol–water partition coefficient (Wildman–Crippen LogP) is 5.54. The Hall–Kier alpha value is -2.07. The van der Waals surface area contributed by atoms with Gasteiger partial charge in [-0.15, -0.1) is 0 Å². The van der Waals surface area contributed by atoms with Gasteiger partial charge in [-0.25, -0.2) is 0 Å². The number of carbonyl (C=O) groups is 1. The maximum Gasteiger partial charge on any atom is 0.404 e. The molecule has 1 saturated heterocycles. The standard InChI is InChI=1S/C17H9F6NOS2/c18-16(19,20)13(17(21,22)23)11-6-5-8(9-3-1-2-4-10(9)11)7-12-14(25)24-15(26)27-12/h1-7,13H,(H,24,25,26). The highest BCUT2D eigenvalue weighted by Crippen LogP contribution is 2.48. The van der Waals surface area contributed by atoms with Gasteiger partial charge in [-0.1, -0.05) is 60.4 Å². The summed E-state index contributed by atoms with van der Waals surface area (Å²) < 4.78 is 79.1. The summed E-state index contributed by atoms with van der Waals surface area (Å²) in [7, 11) is 0. The fraction of sp³-hybridized carbons (Fsp3) is 0.176. The number of hydrogen-bond donors (Lipinski definition) is 1. The van der Waals surface area contributed by atoms with E-state index in [1.54, 1.807) is 0 Å². The third kappa shape index (κ3) is 3.96. The molecular formula is C17H9F6NOS2. The van der Waals surface area contributed by atoms with Crippen molar-refractivity contribution >= 4 is 51.1 Å². The lowest BCUT2D eigenvalue weighted by Gasteiger charge is -2.25. The minimum atomic E-state index is -5.49. The summed E-state index contributed by atoms with van der Waals surface area (Å²) in [5.74, 6) is -4.07. The van der Waals surface area contributed by atoms with Crippen molar-refractivity contribution in [1.29, 1.82) is 0 Å². The molecule has 1 heterocycles. The second-order valence-corrected chi connectivity index (χ2v) is 7.38. The molecule has 2 aromatic carbocycles. The van der Waals surface area contributed by atoms with Crippen molar-refractivity contribution in [2.45, 2.75) is 18.3 Å². The average molecular weight is 421 g/mol. The van der Waals surface area contributed by atoms with Crippen LogP contribution >= 0.6 is 24.0 Å². The quantitative estimate of drug-likeness (QED) is 0.392. The van der Waals surface area contributed by atoms with Crippen LogP contribution in [0.2, 0.25) is 0 Å². The molecule has 0 saturated carbocycles. The highest BCUT2D eigenvalue weighted by Gasteiger charge is 2.57. The van der Waals surface area contributed by atoms with Crippen molar-refractivity contribution in [1.82, 2.24) is 5.32 Å². The van der Waals surface area contributed by atoms with Gasteiger partial charge < -0.3 is 5.32 Å². The van der Waals surface area contributed by atoms with Crippen molar-refractivity contribution in [2.24, 2.45) is 0 Å². The molecular weight excluding hydrogens is 412 g/mol. The average Bonchev–Trinajstić information content (AvgIpc) is 2.84. The lowest BCUT2D eigenvalue weighted by molar-refractivity contribution is -0.253. The second-order valence-electron chi connectivity index (χ2n) is 5.66. The number of carbonyl (C=O) groups excluding carboxylic acids is 1. The maximum absolute atomic E-state index is 13.1. The molecule has 142 valence electrons. The first kappa shape index (κ1) is 19.7. The number of alkyl halides is 6. The monoisotopic (exact) mass is 421 g/mol. The Morgan fingerprint density at radius 1 is 0.963 bits per heavy atom. The van der Waals surface area contributed by atoms with Crippen molar-refractivity contribution < 1.29 is 31.1 Å². The van der Waals surface area contributed by atoms with Crippen LogP contribution in [0, 0.1) is 0 Å². The molecule has 27 heavy (non-hydrogen) atoms. The van der Waals surface area contributed by atoms with Gasteiger partial charge in [-0.3, -0.25) is 4.79 Å². The number of hydrogen-bond acceptors (Lipinski definition) is 3. The zero-order chi connectivity index (χ0) is 20.0. The van der Waals surface area contributed by atoms with Crippen molar-refractivity contribution in [3.05, 3.63) is 52.4 Å². The zero-order valence-electron chi connectivity index (χ0n) is 13.1. The number of amides is 1. The number of rotatable bonds is 2. The highest BCUT2D eigenvalue weighted by atomic mass is 32.2. The summed E-state index contributed by atoms with van der Waals surface area (Å²) >= 11 is 5.83. The van der Waals surface area contributed by atoms with E-state index in [1.165, 1.54) is 30.3 Å². The first-order valence-electron chi connectivity index (χ1n) is 7.38. The van der Waals surface area contributed by atoms with E-state index in [0.29, 0.717) is 5.56 Å². The normalized spacial score (nSPS) is 17.2. The molecule has 0 spiro atoms. The Morgan fingerprint density at radius 3 is 2.07 bits per heavy atom. The molecule has 0 bridgehead atoms. The number of benzene rings is 2. The van der Waals surface area contributed by atoms with Crippen LogP contribution in [0.5, 0.6) is 0 Å². The lowest BCUT2D eigenvalue weighted by Crippen LogP contribution is -2.34. The summed E-state index contributed by atoms with van der Waals surface area (Å²) in [4.78, 5) is 12.0. The van der Waals surface area contributed by atoms with E-state index >= 15 is 0 Å². The van der Waals surface area contributed by atoms with Gasteiger partial charge in [0.15, 0.2) is 5.92 Å². The zero-order valence-corrected chi connectivity index (χ0v) is 14.7. The fourth-order valence-corrected chi connectivity index (χ4v) is 3.86. The van der Waals surface area contributed by atoms with Crippen LogP contribution in [0.4, 0.5) is 26.3 Å². The van der Waals surface area contributed by atoms with Crippen molar-refractivity contribution in [3.63, 3.8) is 0 Å². The van der Waals surface area contributed by atoms with Gasteiger partial charge in [0.2, 0.25) is 0 Å². The predicted molar refractivity (Wildman–Crippen MR) is 95.1 cm³/mol. The number of halogens is 6. The molecule has 1 aliphatic heterocycles. The van der Waals surface area contributed by atoms with E-state index in [9.17, 15) is 31.1 Å². The third-order valence-corrected chi connectivity index (χ3v) is 5.05. The topological polar surface area (TPSA) is 29.1 Å². The van der Waals surface area contributed by atoms with Gasteiger partial charge in [0, 0.05) is 0 Å². The number of thioether (sulfide) groups is 1. The first-order valence-corrected chi connectivity index (χ1v) is 8.61. The first-order chi connectivity index (χ1) is 12.5. The Kier molecular flexibility index (Phi) is 4.98. The van der Waals surface area contributed by atoms with E-state index < -0.39 is 29.7 Å². The summed E-state index contributed by atoms with van der Waals surface area (Å²) in [6.45, 7) is 0. The molecule has 2 aromatic rings. The second kappa shape index (κ2) is 6.83. The van der Waals surface area contributed by atoms with Crippen LogP contribution in [0.15, 0.2) is 41.3 Å². The largest absolute Gasteiger partial charge is 0.404 e. The summed E-state index contributed by atoms with van der Waals surface area (Å²) in [5, 5.41) is 2.38. The molecule has 1 aliphatic rings. The van der Waals surface area contributed by atoms with Crippen LogP contribution < -0.4 is 5.32 Å². The van der Waals surface area contributed by atoms with Gasteiger partial charge >= 0.3 is 12.4 Å². The molecule has 1 amide bonds. The van der Waals surface area contributed by atoms with E-state index in [1.807, 2.05) is 0 Å². The molecule has 0 aromatic heterocycles. The van der Waals surface area contributed by atoms with Gasteiger partial charge in [0.05, 0.1) is 4.91 Å². The number of thiocarbonyl (C=S) groups is 1. The third-order valence-electron chi connectivity index (χ3n) is 3.89. The number of nitrogens with one attached hydrogen (secondary N) is 1. The minimum Gasteiger partial charge on any atom is -0.307 e. The van der Waals surface area contributed by atoms with Crippen molar-refractivity contribution in [2.75, 3.05) is 0 Å². The molecule has 1 fully saturated rings. The van der Waals surface area contributed by atoms with Crippen LogP contribution in [-0.4, -0.2) is 22.6 Å². The summed E-state index contributed by atoms with van der Waals surface area (Å²) in [6.07, 6.45) is -9.59. The van der Waals surface area contributed by atoms with Crippen LogP contribution in [-0.2, 0) is 4.79 Å². The van der Waals surface area contributed by atoms with Gasteiger partial charge in [0.25, 0.3) is 5.91 Å². The van der Waals surface area contributed by atoms with E-state index in [4.69, 9.17) is 12.2 Å². The smallest absolute Gasteiger partial charge is 0.307 e. The van der Waals surface area contributed by atoms with E-state index in [0.717, 1.165) is 23.9 Å². The molecule has 1 N–H and O–H groups in total. The molecule has 0 atom stereocenters. The molecule has 3 rings (SSSR count). The Morgan fingerprint density at radius 2 is 1.56 bits per heavy atom. The lowest BCUT2D eigenvalue weighted by atomic mass is 9.90. The van der Waals surface area contributed by atoms with Gasteiger partial charge in [-0.05, 0) is 28.0 Å². The van der Waals surface area contributed by atoms with E-state index in [2.05, 4.69) is 5.32 Å². The van der Waals surface area contributed by atoms with Gasteiger partial charge in [-0.2, -0.15) is 26.3 Å². The molecule has 2 nitrogen and oxygen atoms in total. The highest BCUT2D eigenvalue weighted by molar-refractivity contribution is 8.26. The van der Waals surface area contributed by atoms with E-state index in [-0.39, 0.29) is 20.0 Å². The molecule has 0 aliphatic carbocycles. The molecule has 0 radical (unpaired) electrons.